The van der Waals surface area contributed by atoms with Gasteiger partial charge in [0.25, 0.3) is 5.91 Å². The van der Waals surface area contributed by atoms with E-state index in [1.54, 1.807) is 17.0 Å². The lowest BCUT2D eigenvalue weighted by Gasteiger charge is -2.32. The van der Waals surface area contributed by atoms with Gasteiger partial charge in [-0.25, -0.2) is 13.9 Å². The first kappa shape index (κ1) is 22.2. The molecular formula is C22H24N4O5S. The molecule has 2 aliphatic rings. The van der Waals surface area contributed by atoms with Gasteiger partial charge in [0, 0.05) is 37.4 Å². The molecule has 0 spiro atoms. The summed E-state index contributed by atoms with van der Waals surface area (Å²) in [5, 5.41) is 8.73. The summed E-state index contributed by atoms with van der Waals surface area (Å²) in [7, 11) is -1.85. The number of piperazine rings is 1. The Morgan fingerprint density at radius 3 is 2.19 bits per heavy atom. The molecule has 2 aromatic carbocycles. The maximum absolute atomic E-state index is 12.9. The summed E-state index contributed by atoms with van der Waals surface area (Å²) in [5.41, 5.74) is 4.32. The van der Waals surface area contributed by atoms with Crippen LogP contribution in [0.15, 0.2) is 65.1 Å². The summed E-state index contributed by atoms with van der Waals surface area (Å²) in [6.07, 6.45) is 1.48. The smallest absolute Gasteiger partial charge is 0.271 e. The Hall–Kier alpha value is -3.05. The van der Waals surface area contributed by atoms with Gasteiger partial charge in [-0.3, -0.25) is 19.7 Å². The number of hydrogen-bond donors (Lipinski definition) is 2. The molecule has 0 aliphatic carbocycles. The van der Waals surface area contributed by atoms with Gasteiger partial charge in [-0.15, -0.1) is 0 Å². The van der Waals surface area contributed by atoms with E-state index in [0.29, 0.717) is 13.1 Å². The van der Waals surface area contributed by atoms with Crippen molar-refractivity contribution in [2.45, 2.75) is 4.90 Å². The molecule has 0 radical (unpaired) electrons. The van der Waals surface area contributed by atoms with Crippen molar-refractivity contribution in [1.82, 2.24) is 14.7 Å². The fourth-order valence-corrected chi connectivity index (χ4v) is 5.17. The number of anilines is 1. The lowest BCUT2D eigenvalue weighted by molar-refractivity contribution is -0.125. The van der Waals surface area contributed by atoms with Gasteiger partial charge in [0.15, 0.2) is 0 Å². The lowest BCUT2D eigenvalue weighted by atomic mass is 10.1. The molecule has 32 heavy (non-hydrogen) atoms. The van der Waals surface area contributed by atoms with Gasteiger partial charge in [0.2, 0.25) is 15.9 Å². The molecule has 10 heteroatoms. The maximum Gasteiger partial charge on any atom is 0.271 e. The summed E-state index contributed by atoms with van der Waals surface area (Å²) < 4.78 is 26.9. The summed E-state index contributed by atoms with van der Waals surface area (Å²) in [5.74, 6) is -0.642. The summed E-state index contributed by atoms with van der Waals surface area (Å²) in [4.78, 5) is 27.7. The standard InChI is InChI=1S/C22H24N4O5S/c1-24-12-13-26(21(27)15-24)19-6-2-16(3-7-19)17-4-8-20(9-5-17)32(30,31)25-11-10-18(14-25)22(28)23-29/h2-10,29H,11-15H2,1H3,(H,23,28). The third-order valence-corrected chi connectivity index (χ3v) is 7.52. The number of carbonyl (C=O) groups excluding carboxylic acids is 2. The van der Waals surface area contributed by atoms with Crippen molar-refractivity contribution >= 4 is 27.5 Å². The van der Waals surface area contributed by atoms with Crippen molar-refractivity contribution in [3.05, 3.63) is 60.2 Å². The number of benzene rings is 2. The first-order valence-electron chi connectivity index (χ1n) is 10.1. The molecule has 2 aliphatic heterocycles. The van der Waals surface area contributed by atoms with Crippen LogP contribution in [-0.4, -0.2) is 74.4 Å². The molecule has 0 unspecified atom stereocenters. The first-order chi connectivity index (χ1) is 15.3. The Morgan fingerprint density at radius 2 is 1.59 bits per heavy atom. The normalized spacial score (nSPS) is 18.0. The van der Waals surface area contributed by atoms with Gasteiger partial charge in [-0.1, -0.05) is 30.3 Å². The highest BCUT2D eigenvalue weighted by Gasteiger charge is 2.30. The predicted octanol–water partition coefficient (Wildman–Crippen LogP) is 1.07. The minimum Gasteiger partial charge on any atom is -0.310 e. The van der Waals surface area contributed by atoms with E-state index in [1.807, 2.05) is 36.2 Å². The van der Waals surface area contributed by atoms with E-state index in [9.17, 15) is 18.0 Å². The zero-order valence-electron chi connectivity index (χ0n) is 17.6. The molecule has 0 aromatic heterocycles. The monoisotopic (exact) mass is 456 g/mol. The van der Waals surface area contributed by atoms with Crippen molar-refractivity contribution in [2.75, 3.05) is 44.7 Å². The van der Waals surface area contributed by atoms with Gasteiger partial charge in [0.05, 0.1) is 11.4 Å². The van der Waals surface area contributed by atoms with Crippen LogP contribution >= 0.6 is 0 Å². The Morgan fingerprint density at radius 1 is 0.969 bits per heavy atom. The number of hydrogen-bond acceptors (Lipinski definition) is 6. The Labute approximate surface area is 186 Å². The van der Waals surface area contributed by atoms with Gasteiger partial charge in [0.1, 0.15) is 0 Å². The summed E-state index contributed by atoms with van der Waals surface area (Å²) in [6.45, 7) is 1.84. The molecule has 1 saturated heterocycles. The average Bonchev–Trinajstić information content (AvgIpc) is 3.30. The average molecular weight is 457 g/mol. The lowest BCUT2D eigenvalue weighted by Crippen LogP contribution is -2.48. The molecule has 2 amide bonds. The molecule has 9 nitrogen and oxygen atoms in total. The highest BCUT2D eigenvalue weighted by molar-refractivity contribution is 7.89. The second-order valence-corrected chi connectivity index (χ2v) is 9.76. The number of likely N-dealkylation sites (N-methyl/N-ethyl adjacent to an activating group) is 1. The third-order valence-electron chi connectivity index (χ3n) is 5.70. The third kappa shape index (κ3) is 4.30. The van der Waals surface area contributed by atoms with Crippen LogP contribution in [0.5, 0.6) is 0 Å². The Kier molecular flexibility index (Phi) is 6.11. The second kappa shape index (κ2) is 8.83. The fourth-order valence-electron chi connectivity index (χ4n) is 3.82. The molecule has 2 N–H and O–H groups in total. The van der Waals surface area contributed by atoms with E-state index in [2.05, 4.69) is 0 Å². The molecule has 0 atom stereocenters. The summed E-state index contributed by atoms with van der Waals surface area (Å²) in [6, 6.07) is 14.1. The molecule has 0 saturated carbocycles. The Balaban J connectivity index is 1.47. The van der Waals surface area contributed by atoms with Crippen molar-refractivity contribution in [1.29, 1.82) is 0 Å². The van der Waals surface area contributed by atoms with Crippen LogP contribution in [0.2, 0.25) is 0 Å². The SMILES string of the molecule is CN1CCN(c2ccc(-c3ccc(S(=O)(=O)N4CC=C(C(=O)NO)C4)cc3)cc2)C(=O)C1. The van der Waals surface area contributed by atoms with Crippen molar-refractivity contribution < 1.29 is 23.2 Å². The van der Waals surface area contributed by atoms with E-state index in [1.165, 1.54) is 28.0 Å². The van der Waals surface area contributed by atoms with E-state index < -0.39 is 15.9 Å². The van der Waals surface area contributed by atoms with E-state index in [-0.39, 0.29) is 29.5 Å². The first-order valence-corrected chi connectivity index (χ1v) is 11.6. The molecule has 4 rings (SSSR count). The molecule has 2 heterocycles. The van der Waals surface area contributed by atoms with Crippen molar-refractivity contribution in [3.8, 4) is 11.1 Å². The number of carbonyl (C=O) groups is 2. The number of rotatable bonds is 5. The number of nitrogens with one attached hydrogen (secondary N) is 1. The quantitative estimate of drug-likeness (QED) is 0.515. The number of nitrogens with zero attached hydrogens (tertiary/aromatic N) is 3. The molecule has 168 valence electrons. The van der Waals surface area contributed by atoms with Gasteiger partial charge >= 0.3 is 0 Å². The van der Waals surface area contributed by atoms with Crippen LogP contribution in [0.3, 0.4) is 0 Å². The predicted molar refractivity (Wildman–Crippen MR) is 118 cm³/mol. The molecule has 1 fully saturated rings. The molecular weight excluding hydrogens is 432 g/mol. The van der Waals surface area contributed by atoms with Crippen LogP contribution in [0.25, 0.3) is 11.1 Å². The second-order valence-electron chi connectivity index (χ2n) is 7.82. The van der Waals surface area contributed by atoms with Crippen molar-refractivity contribution in [3.63, 3.8) is 0 Å². The minimum absolute atomic E-state index is 0.0667. The molecule has 2 aromatic rings. The summed E-state index contributed by atoms with van der Waals surface area (Å²) >= 11 is 0. The Bertz CT molecular complexity index is 1160. The number of sulfonamides is 1. The van der Waals surface area contributed by atoms with Crippen LogP contribution in [0.4, 0.5) is 5.69 Å². The number of hydroxylamine groups is 1. The van der Waals surface area contributed by atoms with Gasteiger partial charge < -0.3 is 4.90 Å². The van der Waals surface area contributed by atoms with Gasteiger partial charge in [-0.2, -0.15) is 4.31 Å². The zero-order chi connectivity index (χ0) is 22.9. The largest absolute Gasteiger partial charge is 0.310 e. The van der Waals surface area contributed by atoms with Crippen molar-refractivity contribution in [2.24, 2.45) is 0 Å². The molecule has 0 bridgehead atoms. The van der Waals surface area contributed by atoms with E-state index in [4.69, 9.17) is 5.21 Å². The van der Waals surface area contributed by atoms with Crippen LogP contribution in [0.1, 0.15) is 0 Å². The van der Waals surface area contributed by atoms with Crippen LogP contribution < -0.4 is 10.4 Å². The minimum atomic E-state index is -3.77. The van der Waals surface area contributed by atoms with Crippen LogP contribution in [-0.2, 0) is 19.6 Å². The zero-order valence-corrected chi connectivity index (χ0v) is 18.4. The fraction of sp³-hybridized carbons (Fsp3) is 0.273. The van der Waals surface area contributed by atoms with Crippen LogP contribution in [0, 0.1) is 0 Å². The van der Waals surface area contributed by atoms with E-state index >= 15 is 0 Å². The number of amides is 2. The van der Waals surface area contributed by atoms with Gasteiger partial charge in [-0.05, 0) is 42.4 Å². The highest BCUT2D eigenvalue weighted by atomic mass is 32.2. The van der Waals surface area contributed by atoms with E-state index in [0.717, 1.165) is 23.4 Å². The highest BCUT2D eigenvalue weighted by Crippen LogP contribution is 2.27. The maximum atomic E-state index is 12.9. The topological polar surface area (TPSA) is 110 Å².